The highest BCUT2D eigenvalue weighted by atomic mass is 32.2. The number of non-ortho nitro benzene ring substituents is 1. The Morgan fingerprint density at radius 2 is 1.90 bits per heavy atom. The standard InChI is InChI=1S/C16H15NO3S/c1-13-5-7-15(8-6-13)12-21(20)10-9-14-3-2-4-16(11-14)17(18)19/h2-11H,12H2,1H3/b10-9+. The summed E-state index contributed by atoms with van der Waals surface area (Å²) >= 11 is -1.15. The van der Waals surface area contributed by atoms with Gasteiger partial charge < -0.3 is 4.55 Å². The van der Waals surface area contributed by atoms with Gasteiger partial charge in [0.1, 0.15) is 11.2 Å². The lowest BCUT2D eigenvalue weighted by atomic mass is 10.2. The number of nitro groups is 1. The van der Waals surface area contributed by atoms with Crippen molar-refractivity contribution in [2.45, 2.75) is 12.7 Å². The molecule has 4 nitrogen and oxygen atoms in total. The van der Waals surface area contributed by atoms with E-state index in [1.54, 1.807) is 23.6 Å². The van der Waals surface area contributed by atoms with Gasteiger partial charge in [-0.05, 0) is 29.7 Å². The molecule has 0 aliphatic carbocycles. The monoisotopic (exact) mass is 301 g/mol. The van der Waals surface area contributed by atoms with Gasteiger partial charge in [-0.2, -0.15) is 0 Å². The first-order chi connectivity index (χ1) is 10.0. The summed E-state index contributed by atoms with van der Waals surface area (Å²) in [7, 11) is 0. The lowest BCUT2D eigenvalue weighted by molar-refractivity contribution is -0.384. The lowest BCUT2D eigenvalue weighted by Gasteiger charge is -2.06. The number of aryl methyl sites for hydroxylation is 1. The van der Waals surface area contributed by atoms with Crippen molar-refractivity contribution in [3.8, 4) is 0 Å². The highest BCUT2D eigenvalue weighted by molar-refractivity contribution is 7.93. The number of nitrogens with zero attached hydrogens (tertiary/aromatic N) is 1. The molecule has 0 bridgehead atoms. The van der Waals surface area contributed by atoms with E-state index in [0.29, 0.717) is 11.3 Å². The predicted octanol–water partition coefficient (Wildman–Crippen LogP) is 3.82. The third-order valence-electron chi connectivity index (χ3n) is 2.92. The zero-order chi connectivity index (χ0) is 15.2. The largest absolute Gasteiger partial charge is 0.612 e. The first-order valence-corrected chi connectivity index (χ1v) is 7.78. The Balaban J connectivity index is 2.01. The van der Waals surface area contributed by atoms with Crippen LogP contribution in [-0.2, 0) is 16.9 Å². The summed E-state index contributed by atoms with van der Waals surface area (Å²) in [6.07, 6.45) is 1.65. The van der Waals surface area contributed by atoms with Crippen molar-refractivity contribution in [1.29, 1.82) is 0 Å². The van der Waals surface area contributed by atoms with Crippen molar-refractivity contribution in [2.75, 3.05) is 0 Å². The second-order valence-electron chi connectivity index (χ2n) is 4.67. The maximum absolute atomic E-state index is 12.0. The van der Waals surface area contributed by atoms with Gasteiger partial charge in [0.15, 0.2) is 0 Å². The van der Waals surface area contributed by atoms with Crippen molar-refractivity contribution in [1.82, 2.24) is 0 Å². The van der Waals surface area contributed by atoms with Crippen LogP contribution in [0.5, 0.6) is 0 Å². The van der Waals surface area contributed by atoms with E-state index in [2.05, 4.69) is 0 Å². The molecule has 0 heterocycles. The zero-order valence-electron chi connectivity index (χ0n) is 11.6. The van der Waals surface area contributed by atoms with Gasteiger partial charge in [-0.15, -0.1) is 0 Å². The second kappa shape index (κ2) is 7.06. The average molecular weight is 301 g/mol. The minimum Gasteiger partial charge on any atom is -0.612 e. The highest BCUT2D eigenvalue weighted by Gasteiger charge is 2.06. The van der Waals surface area contributed by atoms with Crippen LogP contribution < -0.4 is 0 Å². The lowest BCUT2D eigenvalue weighted by Crippen LogP contribution is -1.99. The molecule has 2 rings (SSSR count). The first-order valence-electron chi connectivity index (χ1n) is 6.40. The van der Waals surface area contributed by atoms with Gasteiger partial charge in [0, 0.05) is 17.7 Å². The first kappa shape index (κ1) is 15.3. The second-order valence-corrected chi connectivity index (χ2v) is 5.99. The average Bonchev–Trinajstić information content (AvgIpc) is 2.48. The minimum absolute atomic E-state index is 0.0291. The normalized spacial score (nSPS) is 12.5. The Bertz CT molecular complexity index is 653. The highest BCUT2D eigenvalue weighted by Crippen LogP contribution is 2.16. The van der Waals surface area contributed by atoms with Crippen LogP contribution >= 0.6 is 0 Å². The third kappa shape index (κ3) is 4.73. The Morgan fingerprint density at radius 3 is 2.57 bits per heavy atom. The van der Waals surface area contributed by atoms with Crippen LogP contribution in [0, 0.1) is 17.0 Å². The van der Waals surface area contributed by atoms with Crippen LogP contribution in [0.1, 0.15) is 16.7 Å². The van der Waals surface area contributed by atoms with Crippen molar-refractivity contribution >= 4 is 22.9 Å². The number of rotatable bonds is 5. The summed E-state index contributed by atoms with van der Waals surface area (Å²) in [4.78, 5) is 10.2. The minimum atomic E-state index is -1.15. The molecule has 0 N–H and O–H groups in total. The van der Waals surface area contributed by atoms with E-state index in [0.717, 1.165) is 11.1 Å². The Kier molecular flexibility index (Phi) is 5.14. The summed E-state index contributed by atoms with van der Waals surface area (Å²) in [6, 6.07) is 14.1. The fraction of sp³-hybridized carbons (Fsp3) is 0.125. The van der Waals surface area contributed by atoms with Gasteiger partial charge in [0.2, 0.25) is 0 Å². The SMILES string of the molecule is Cc1ccc(C[S+]([O-])/C=C/c2cccc([N+](=O)[O-])c2)cc1. The molecular weight excluding hydrogens is 286 g/mol. The van der Waals surface area contributed by atoms with Crippen molar-refractivity contribution in [3.63, 3.8) is 0 Å². The van der Waals surface area contributed by atoms with E-state index >= 15 is 0 Å². The van der Waals surface area contributed by atoms with Crippen LogP contribution in [0.4, 0.5) is 5.69 Å². The molecule has 0 fully saturated rings. The quantitative estimate of drug-likeness (QED) is 0.479. The molecular formula is C16H15NO3S. The maximum atomic E-state index is 12.0. The molecule has 1 atom stereocenters. The molecule has 2 aromatic rings. The molecule has 2 aromatic carbocycles. The van der Waals surface area contributed by atoms with Gasteiger partial charge in [-0.1, -0.05) is 42.0 Å². The van der Waals surface area contributed by atoms with Crippen molar-refractivity contribution < 1.29 is 9.48 Å². The van der Waals surface area contributed by atoms with Crippen LogP contribution in [0.25, 0.3) is 6.08 Å². The maximum Gasteiger partial charge on any atom is 0.270 e. The summed E-state index contributed by atoms with van der Waals surface area (Å²) in [6.45, 7) is 2.00. The van der Waals surface area contributed by atoms with Crippen LogP contribution in [0.15, 0.2) is 53.9 Å². The number of benzene rings is 2. The topological polar surface area (TPSA) is 66.2 Å². The van der Waals surface area contributed by atoms with Crippen LogP contribution in [-0.4, -0.2) is 9.48 Å². The van der Waals surface area contributed by atoms with E-state index < -0.39 is 16.1 Å². The molecule has 0 saturated carbocycles. The van der Waals surface area contributed by atoms with Crippen LogP contribution in [0.3, 0.4) is 0 Å². The molecule has 0 aliphatic rings. The van der Waals surface area contributed by atoms with Gasteiger partial charge in [0.25, 0.3) is 5.69 Å². The molecule has 0 saturated heterocycles. The molecule has 0 spiro atoms. The summed E-state index contributed by atoms with van der Waals surface area (Å²) in [5, 5.41) is 12.2. The van der Waals surface area contributed by atoms with Gasteiger partial charge in [0.05, 0.1) is 4.92 Å². The van der Waals surface area contributed by atoms with E-state index in [1.807, 2.05) is 31.2 Å². The Morgan fingerprint density at radius 1 is 1.19 bits per heavy atom. The number of hydrogen-bond acceptors (Lipinski definition) is 3. The van der Waals surface area contributed by atoms with Gasteiger partial charge in [-0.3, -0.25) is 10.1 Å². The van der Waals surface area contributed by atoms with Crippen molar-refractivity contribution in [3.05, 3.63) is 80.7 Å². The molecule has 0 aliphatic heterocycles. The van der Waals surface area contributed by atoms with E-state index in [-0.39, 0.29) is 5.69 Å². The third-order valence-corrected chi connectivity index (χ3v) is 3.98. The van der Waals surface area contributed by atoms with E-state index in [9.17, 15) is 14.7 Å². The fourth-order valence-electron chi connectivity index (χ4n) is 1.79. The predicted molar refractivity (Wildman–Crippen MR) is 85.2 cm³/mol. The zero-order valence-corrected chi connectivity index (χ0v) is 12.4. The molecule has 1 unspecified atom stereocenters. The Hall–Kier alpha value is -2.11. The number of nitro benzene ring substituents is 1. The molecule has 108 valence electrons. The summed E-state index contributed by atoms with van der Waals surface area (Å²) in [5.74, 6) is 0.436. The van der Waals surface area contributed by atoms with Gasteiger partial charge >= 0.3 is 0 Å². The molecule has 0 aromatic heterocycles. The summed E-state index contributed by atoms with van der Waals surface area (Å²) in [5.41, 5.74) is 2.86. The van der Waals surface area contributed by atoms with Gasteiger partial charge in [-0.25, -0.2) is 0 Å². The van der Waals surface area contributed by atoms with Crippen molar-refractivity contribution in [2.24, 2.45) is 0 Å². The van der Waals surface area contributed by atoms with Crippen LogP contribution in [0.2, 0.25) is 0 Å². The molecule has 5 heteroatoms. The smallest absolute Gasteiger partial charge is 0.270 e. The summed E-state index contributed by atoms with van der Waals surface area (Å²) < 4.78 is 12.0. The Labute approximate surface area is 126 Å². The number of hydrogen-bond donors (Lipinski definition) is 0. The fourth-order valence-corrected chi connectivity index (χ4v) is 2.72. The molecule has 0 amide bonds. The van der Waals surface area contributed by atoms with E-state index in [4.69, 9.17) is 0 Å². The molecule has 21 heavy (non-hydrogen) atoms. The van der Waals surface area contributed by atoms with E-state index in [1.165, 1.54) is 12.1 Å². The molecule has 0 radical (unpaired) electrons.